The number of aromatic nitrogens is 6. The average Bonchev–Trinajstić information content (AvgIpc) is 3.37. The van der Waals surface area contributed by atoms with Crippen LogP contribution in [0, 0.1) is 6.92 Å². The second-order valence-electron chi connectivity index (χ2n) is 7.07. The van der Waals surface area contributed by atoms with Crippen LogP contribution < -0.4 is 4.90 Å². The molecule has 4 aromatic rings. The number of imidazole rings is 1. The zero-order valence-corrected chi connectivity index (χ0v) is 15.8. The second-order valence-corrected chi connectivity index (χ2v) is 7.07. The van der Waals surface area contributed by atoms with Crippen molar-refractivity contribution in [1.29, 1.82) is 0 Å². The molecule has 142 valence electrons. The fourth-order valence-corrected chi connectivity index (χ4v) is 3.73. The van der Waals surface area contributed by atoms with Gasteiger partial charge in [-0.1, -0.05) is 0 Å². The molecule has 1 fully saturated rings. The molecule has 0 saturated carbocycles. The Morgan fingerprint density at radius 3 is 2.89 bits per heavy atom. The van der Waals surface area contributed by atoms with Crippen LogP contribution in [0.3, 0.4) is 0 Å². The molecule has 0 spiro atoms. The maximum absolute atomic E-state index is 5.61. The Bertz CT molecular complexity index is 1120. The molecule has 1 unspecified atom stereocenters. The van der Waals surface area contributed by atoms with Crippen molar-refractivity contribution in [3.8, 4) is 22.6 Å². The van der Waals surface area contributed by atoms with Gasteiger partial charge in [0.1, 0.15) is 5.69 Å². The number of rotatable bonds is 3. The Balaban J connectivity index is 1.77. The minimum atomic E-state index is 0.254. The summed E-state index contributed by atoms with van der Waals surface area (Å²) in [5, 5.41) is 12.0. The van der Waals surface area contributed by atoms with Crippen LogP contribution in [0.4, 0.5) is 5.82 Å². The zero-order valence-electron chi connectivity index (χ0n) is 15.8. The lowest BCUT2D eigenvalue weighted by molar-refractivity contribution is 0.0984. The highest BCUT2D eigenvalue weighted by atomic mass is 16.5. The topological polar surface area (TPSA) is 84.2 Å². The monoisotopic (exact) mass is 375 g/mol. The largest absolute Gasteiger partial charge is 0.377 e. The van der Waals surface area contributed by atoms with Crippen LogP contribution in [0.15, 0.2) is 43.0 Å². The van der Waals surface area contributed by atoms with Crippen LogP contribution >= 0.6 is 0 Å². The van der Waals surface area contributed by atoms with Crippen molar-refractivity contribution in [2.75, 3.05) is 24.7 Å². The molecular weight excluding hydrogens is 354 g/mol. The Hall–Kier alpha value is -3.26. The molecule has 0 radical (unpaired) electrons. The van der Waals surface area contributed by atoms with Crippen LogP contribution in [0.25, 0.3) is 28.2 Å². The number of aromatic amines is 1. The summed E-state index contributed by atoms with van der Waals surface area (Å²) in [5.74, 6) is 1.65. The number of pyridine rings is 1. The van der Waals surface area contributed by atoms with Crippen molar-refractivity contribution < 1.29 is 4.74 Å². The van der Waals surface area contributed by atoms with Crippen LogP contribution in [0.2, 0.25) is 0 Å². The highest BCUT2D eigenvalue weighted by Crippen LogP contribution is 2.32. The van der Waals surface area contributed by atoms with Crippen LogP contribution in [-0.2, 0) is 4.74 Å². The zero-order chi connectivity index (χ0) is 19.1. The first kappa shape index (κ1) is 16.9. The minimum Gasteiger partial charge on any atom is -0.377 e. The third-order valence-electron chi connectivity index (χ3n) is 5.20. The predicted octanol–water partition coefficient (Wildman–Crippen LogP) is 2.71. The fourth-order valence-electron chi connectivity index (χ4n) is 3.73. The van der Waals surface area contributed by atoms with E-state index in [2.05, 4.69) is 45.0 Å². The quantitative estimate of drug-likeness (QED) is 0.593. The van der Waals surface area contributed by atoms with Crippen LogP contribution in [-0.4, -0.2) is 55.6 Å². The lowest BCUT2D eigenvalue weighted by Gasteiger charge is -2.34. The van der Waals surface area contributed by atoms with E-state index in [0.29, 0.717) is 13.2 Å². The van der Waals surface area contributed by atoms with E-state index in [1.807, 2.05) is 35.2 Å². The number of fused-ring (bicyclic) bond motifs is 1. The lowest BCUT2D eigenvalue weighted by atomic mass is 10.0. The smallest absolute Gasteiger partial charge is 0.179 e. The average molecular weight is 375 g/mol. The molecular formula is C20H21N7O. The van der Waals surface area contributed by atoms with Crippen molar-refractivity contribution in [3.63, 3.8) is 0 Å². The van der Waals surface area contributed by atoms with Gasteiger partial charge in [0.05, 0.1) is 31.0 Å². The molecule has 8 heteroatoms. The molecule has 0 bridgehead atoms. The van der Waals surface area contributed by atoms with Crippen molar-refractivity contribution in [2.24, 2.45) is 0 Å². The number of hydrogen-bond acceptors (Lipinski definition) is 6. The first-order valence-corrected chi connectivity index (χ1v) is 9.36. The molecule has 0 aliphatic carbocycles. The summed E-state index contributed by atoms with van der Waals surface area (Å²) < 4.78 is 7.52. The lowest BCUT2D eigenvalue weighted by Crippen LogP contribution is -2.44. The molecule has 1 N–H and O–H groups in total. The molecule has 0 aromatic carbocycles. The van der Waals surface area contributed by atoms with E-state index < -0.39 is 0 Å². The first-order chi connectivity index (χ1) is 13.7. The van der Waals surface area contributed by atoms with Gasteiger partial charge in [-0.25, -0.2) is 9.50 Å². The summed E-state index contributed by atoms with van der Waals surface area (Å²) in [6.45, 7) is 6.43. The fraction of sp³-hybridized carbons (Fsp3) is 0.300. The first-order valence-electron chi connectivity index (χ1n) is 9.36. The second kappa shape index (κ2) is 6.72. The van der Waals surface area contributed by atoms with E-state index in [4.69, 9.17) is 9.84 Å². The van der Waals surface area contributed by atoms with Gasteiger partial charge in [0, 0.05) is 30.7 Å². The third kappa shape index (κ3) is 2.73. The van der Waals surface area contributed by atoms with Gasteiger partial charge in [-0.05, 0) is 43.2 Å². The number of ether oxygens (including phenoxy) is 1. The van der Waals surface area contributed by atoms with Crippen molar-refractivity contribution in [1.82, 2.24) is 29.8 Å². The maximum Gasteiger partial charge on any atom is 0.179 e. The Kier molecular flexibility index (Phi) is 4.05. The number of aryl methyl sites for hydroxylation is 1. The van der Waals surface area contributed by atoms with E-state index >= 15 is 0 Å². The molecule has 0 amide bonds. The normalized spacial score (nSPS) is 17.4. The summed E-state index contributed by atoms with van der Waals surface area (Å²) in [6.07, 6.45) is 7.29. The number of nitrogens with one attached hydrogen (secondary N) is 1. The van der Waals surface area contributed by atoms with Gasteiger partial charge in [0.15, 0.2) is 11.6 Å². The molecule has 1 aliphatic rings. The van der Waals surface area contributed by atoms with Crippen LogP contribution in [0.5, 0.6) is 0 Å². The van der Waals surface area contributed by atoms with Gasteiger partial charge in [0.2, 0.25) is 0 Å². The highest BCUT2D eigenvalue weighted by Gasteiger charge is 2.23. The van der Waals surface area contributed by atoms with Gasteiger partial charge < -0.3 is 9.64 Å². The summed E-state index contributed by atoms with van der Waals surface area (Å²) >= 11 is 0. The van der Waals surface area contributed by atoms with E-state index in [9.17, 15) is 0 Å². The molecule has 5 heterocycles. The SMILES string of the molecule is Cc1cnccc1-c1cc(N2CCOCC2C)nn2c(-c3ccn[nH]3)ncc12. The number of nitrogens with zero attached hydrogens (tertiary/aromatic N) is 6. The molecule has 1 atom stereocenters. The standard InChI is InChI=1S/C20H21N7O/c1-13-10-21-5-3-15(13)16-9-19(26-7-8-28-12-14(26)2)25-27-18(16)11-22-20(27)17-4-6-23-24-17/h3-6,9-11,14H,7-8,12H2,1-2H3,(H,23,24). The highest BCUT2D eigenvalue weighted by molar-refractivity contribution is 5.84. The predicted molar refractivity (Wildman–Crippen MR) is 106 cm³/mol. The van der Waals surface area contributed by atoms with E-state index in [-0.39, 0.29) is 6.04 Å². The number of morpholine rings is 1. The van der Waals surface area contributed by atoms with E-state index in [1.165, 1.54) is 0 Å². The van der Waals surface area contributed by atoms with E-state index in [0.717, 1.165) is 46.1 Å². The van der Waals surface area contributed by atoms with Crippen molar-refractivity contribution in [3.05, 3.63) is 48.5 Å². The minimum absolute atomic E-state index is 0.254. The Morgan fingerprint density at radius 1 is 1.18 bits per heavy atom. The van der Waals surface area contributed by atoms with Crippen molar-refractivity contribution >= 4 is 11.3 Å². The molecule has 28 heavy (non-hydrogen) atoms. The number of hydrogen-bond donors (Lipinski definition) is 1. The van der Waals surface area contributed by atoms with Gasteiger partial charge in [-0.3, -0.25) is 10.1 Å². The molecule has 1 aliphatic heterocycles. The molecule has 1 saturated heterocycles. The molecule has 8 nitrogen and oxygen atoms in total. The maximum atomic E-state index is 5.61. The van der Waals surface area contributed by atoms with Gasteiger partial charge in [-0.2, -0.15) is 5.10 Å². The number of H-pyrrole nitrogens is 1. The van der Waals surface area contributed by atoms with Gasteiger partial charge in [0.25, 0.3) is 0 Å². The Labute approximate surface area is 162 Å². The molecule has 5 rings (SSSR count). The summed E-state index contributed by atoms with van der Waals surface area (Å²) in [4.78, 5) is 11.2. The van der Waals surface area contributed by atoms with Crippen molar-refractivity contribution in [2.45, 2.75) is 19.9 Å². The third-order valence-corrected chi connectivity index (χ3v) is 5.20. The van der Waals surface area contributed by atoms with Gasteiger partial charge >= 0.3 is 0 Å². The van der Waals surface area contributed by atoms with Crippen LogP contribution in [0.1, 0.15) is 12.5 Å². The van der Waals surface area contributed by atoms with E-state index in [1.54, 1.807) is 6.20 Å². The summed E-state index contributed by atoms with van der Waals surface area (Å²) in [7, 11) is 0. The summed E-state index contributed by atoms with van der Waals surface area (Å²) in [6, 6.07) is 6.35. The molecule has 4 aromatic heterocycles. The summed E-state index contributed by atoms with van der Waals surface area (Å²) in [5.41, 5.74) is 5.10. The van der Waals surface area contributed by atoms with Gasteiger partial charge in [-0.15, -0.1) is 5.10 Å². The Morgan fingerprint density at radius 2 is 2.11 bits per heavy atom. The number of anilines is 1.